The molecule has 3 aromatic rings. The van der Waals surface area contributed by atoms with Crippen molar-refractivity contribution in [2.75, 3.05) is 34.2 Å². The molecule has 2 heterocycles. The van der Waals surface area contributed by atoms with Gasteiger partial charge >= 0.3 is 0 Å². The summed E-state index contributed by atoms with van der Waals surface area (Å²) in [6, 6.07) is 18.4. The number of sulfonamides is 1. The van der Waals surface area contributed by atoms with E-state index in [9.17, 15) is 13.2 Å². The number of benzene rings is 3. The summed E-state index contributed by atoms with van der Waals surface area (Å²) in [6.45, 7) is 4.12. The van der Waals surface area contributed by atoms with Crippen LogP contribution in [0.2, 0.25) is 0 Å². The Morgan fingerprint density at radius 1 is 1.00 bits per heavy atom. The van der Waals surface area contributed by atoms with E-state index in [0.717, 1.165) is 30.1 Å². The van der Waals surface area contributed by atoms with Gasteiger partial charge in [0.2, 0.25) is 5.91 Å². The fraction of sp³-hybridized carbons (Fsp3) is 0.292. The van der Waals surface area contributed by atoms with Crippen molar-refractivity contribution in [1.29, 1.82) is 0 Å². The quantitative estimate of drug-likeness (QED) is 0.666. The summed E-state index contributed by atoms with van der Waals surface area (Å²) in [7, 11) is -3.75. The third-order valence-corrected chi connectivity index (χ3v) is 8.07. The van der Waals surface area contributed by atoms with Gasteiger partial charge in [0.05, 0.1) is 10.6 Å². The van der Waals surface area contributed by atoms with Crippen molar-refractivity contribution in [1.82, 2.24) is 0 Å². The Hall–Kier alpha value is -3.06. The van der Waals surface area contributed by atoms with Crippen LogP contribution in [0.15, 0.2) is 65.6 Å². The highest BCUT2D eigenvalue weighted by atomic mass is 32.2. The van der Waals surface area contributed by atoms with E-state index in [4.69, 9.17) is 0 Å². The first-order chi connectivity index (χ1) is 14.9. The van der Waals surface area contributed by atoms with E-state index in [1.54, 1.807) is 18.2 Å². The molecule has 0 radical (unpaired) electrons. The zero-order chi connectivity index (χ0) is 21.6. The average Bonchev–Trinajstić information content (AvgIpc) is 2.98. The van der Waals surface area contributed by atoms with Gasteiger partial charge in [-0.15, -0.1) is 0 Å². The molecule has 1 saturated heterocycles. The van der Waals surface area contributed by atoms with Crippen LogP contribution in [0.1, 0.15) is 19.8 Å². The predicted molar refractivity (Wildman–Crippen MR) is 124 cm³/mol. The topological polar surface area (TPSA) is 69.7 Å². The summed E-state index contributed by atoms with van der Waals surface area (Å²) in [4.78, 5) is 15.3. The Kier molecular flexibility index (Phi) is 4.85. The number of rotatable bonds is 4. The lowest BCUT2D eigenvalue weighted by Crippen LogP contribution is -2.35. The summed E-state index contributed by atoms with van der Waals surface area (Å²) in [5, 5.41) is 4.37. The molecule has 0 bridgehead atoms. The van der Waals surface area contributed by atoms with Gasteiger partial charge in [-0.05, 0) is 60.5 Å². The lowest BCUT2D eigenvalue weighted by Gasteiger charge is -2.32. The number of carbonyl (C=O) groups is 1. The Bertz CT molecular complexity index is 1240. The number of piperidine rings is 1. The van der Waals surface area contributed by atoms with Crippen LogP contribution in [-0.2, 0) is 14.8 Å². The molecule has 31 heavy (non-hydrogen) atoms. The largest absolute Gasteiger partial charge is 0.372 e. The van der Waals surface area contributed by atoms with Gasteiger partial charge in [-0.25, -0.2) is 8.42 Å². The van der Waals surface area contributed by atoms with E-state index in [0.29, 0.717) is 16.8 Å². The molecule has 2 aliphatic heterocycles. The molecular formula is C24H25N3O3S. The lowest BCUT2D eigenvalue weighted by atomic mass is 9.99. The van der Waals surface area contributed by atoms with E-state index >= 15 is 0 Å². The zero-order valence-electron chi connectivity index (χ0n) is 17.4. The molecule has 1 N–H and O–H groups in total. The van der Waals surface area contributed by atoms with Gasteiger partial charge in [-0.2, -0.15) is 0 Å². The van der Waals surface area contributed by atoms with E-state index in [2.05, 4.69) is 17.1 Å². The summed E-state index contributed by atoms with van der Waals surface area (Å²) in [5.41, 5.74) is 2.36. The van der Waals surface area contributed by atoms with E-state index < -0.39 is 10.0 Å². The molecule has 3 aromatic carbocycles. The van der Waals surface area contributed by atoms with Crippen LogP contribution in [0.25, 0.3) is 10.8 Å². The summed E-state index contributed by atoms with van der Waals surface area (Å²) < 4.78 is 27.3. The van der Waals surface area contributed by atoms with Gasteiger partial charge in [-0.3, -0.25) is 9.10 Å². The molecule has 6 nitrogen and oxygen atoms in total. The molecular weight excluding hydrogens is 410 g/mol. The fourth-order valence-electron chi connectivity index (χ4n) is 4.48. The van der Waals surface area contributed by atoms with Gasteiger partial charge in [0.15, 0.2) is 0 Å². The Morgan fingerprint density at radius 2 is 1.68 bits per heavy atom. The molecule has 1 amide bonds. The molecule has 7 heteroatoms. The number of amides is 1. The van der Waals surface area contributed by atoms with Gasteiger partial charge in [-0.1, -0.05) is 31.2 Å². The van der Waals surface area contributed by atoms with Crippen LogP contribution in [-0.4, -0.2) is 34.0 Å². The molecule has 160 valence electrons. The highest BCUT2D eigenvalue weighted by molar-refractivity contribution is 7.93. The first kappa shape index (κ1) is 19.9. The second-order valence-electron chi connectivity index (χ2n) is 8.41. The highest BCUT2D eigenvalue weighted by Crippen LogP contribution is 2.41. The van der Waals surface area contributed by atoms with E-state index in [1.807, 2.05) is 42.5 Å². The maximum absolute atomic E-state index is 13.0. The lowest BCUT2D eigenvalue weighted by molar-refractivity contribution is -0.114. The van der Waals surface area contributed by atoms with Gasteiger partial charge < -0.3 is 10.2 Å². The van der Waals surface area contributed by atoms with Crippen molar-refractivity contribution in [2.45, 2.75) is 24.7 Å². The molecule has 0 aliphatic carbocycles. The molecule has 0 aromatic heterocycles. The average molecular weight is 436 g/mol. The van der Waals surface area contributed by atoms with E-state index in [-0.39, 0.29) is 17.3 Å². The second-order valence-corrected chi connectivity index (χ2v) is 10.2. The smallest absolute Gasteiger partial charge is 0.265 e. The van der Waals surface area contributed by atoms with Crippen LogP contribution in [0.4, 0.5) is 17.1 Å². The Labute approximate surface area is 182 Å². The van der Waals surface area contributed by atoms with Gasteiger partial charge in [0.1, 0.15) is 6.54 Å². The molecule has 0 saturated carbocycles. The zero-order valence-corrected chi connectivity index (χ0v) is 18.2. The summed E-state index contributed by atoms with van der Waals surface area (Å²) in [5.74, 6) is 0.404. The van der Waals surface area contributed by atoms with Crippen LogP contribution >= 0.6 is 0 Å². The van der Waals surface area contributed by atoms with Crippen LogP contribution < -0.4 is 14.5 Å². The summed E-state index contributed by atoms with van der Waals surface area (Å²) >= 11 is 0. The van der Waals surface area contributed by atoms with Crippen molar-refractivity contribution >= 4 is 43.8 Å². The molecule has 0 unspecified atom stereocenters. The minimum absolute atomic E-state index is 0.258. The van der Waals surface area contributed by atoms with Gasteiger partial charge in [0.25, 0.3) is 10.0 Å². The second kappa shape index (κ2) is 7.57. The van der Waals surface area contributed by atoms with Crippen molar-refractivity contribution in [3.8, 4) is 0 Å². The minimum atomic E-state index is -3.75. The molecule has 1 fully saturated rings. The SMILES string of the molecule is CC1CCN(c2ccc(NC(=O)CN3c4cccc5cccc(c45)S3(=O)=O)cc2)CC1. The monoisotopic (exact) mass is 435 g/mol. The fourth-order valence-corrected chi connectivity index (χ4v) is 6.15. The number of hydrogen-bond donors (Lipinski definition) is 1. The third kappa shape index (κ3) is 3.53. The first-order valence-electron chi connectivity index (χ1n) is 10.6. The van der Waals surface area contributed by atoms with Crippen LogP contribution in [0.5, 0.6) is 0 Å². The number of nitrogens with zero attached hydrogens (tertiary/aromatic N) is 2. The summed E-state index contributed by atoms with van der Waals surface area (Å²) in [6.07, 6.45) is 2.38. The van der Waals surface area contributed by atoms with Crippen molar-refractivity contribution < 1.29 is 13.2 Å². The van der Waals surface area contributed by atoms with Crippen LogP contribution in [0.3, 0.4) is 0 Å². The number of anilines is 3. The number of nitrogens with one attached hydrogen (secondary N) is 1. The molecule has 0 atom stereocenters. The van der Waals surface area contributed by atoms with Crippen LogP contribution in [0, 0.1) is 5.92 Å². The Balaban J connectivity index is 1.31. The molecule has 2 aliphatic rings. The maximum atomic E-state index is 13.0. The third-order valence-electron chi connectivity index (χ3n) is 6.27. The van der Waals surface area contributed by atoms with Crippen molar-refractivity contribution in [3.63, 3.8) is 0 Å². The standard InChI is InChI=1S/C24H25N3O3S/c1-17-12-14-26(15-13-17)20-10-8-19(9-11-20)25-23(28)16-27-21-6-2-4-18-5-3-7-22(24(18)21)31(27,29)30/h2-11,17H,12-16H2,1H3,(H,25,28). The van der Waals surface area contributed by atoms with Crippen molar-refractivity contribution in [3.05, 3.63) is 60.7 Å². The van der Waals surface area contributed by atoms with Gasteiger partial charge in [0, 0.05) is 29.9 Å². The molecule has 0 spiro atoms. The number of hydrogen-bond acceptors (Lipinski definition) is 4. The number of carbonyl (C=O) groups excluding carboxylic acids is 1. The van der Waals surface area contributed by atoms with Crippen molar-refractivity contribution in [2.24, 2.45) is 5.92 Å². The predicted octanol–water partition coefficient (Wildman–Crippen LogP) is 4.22. The molecule has 5 rings (SSSR count). The Morgan fingerprint density at radius 3 is 2.39 bits per heavy atom. The first-order valence-corrected chi connectivity index (χ1v) is 12.1. The highest BCUT2D eigenvalue weighted by Gasteiger charge is 2.36. The van der Waals surface area contributed by atoms with E-state index in [1.165, 1.54) is 17.1 Å². The normalized spacial score (nSPS) is 17.8. The minimum Gasteiger partial charge on any atom is -0.372 e. The maximum Gasteiger partial charge on any atom is 0.265 e.